The van der Waals surface area contributed by atoms with Crippen LogP contribution in [-0.2, 0) is 13.0 Å². The van der Waals surface area contributed by atoms with Crippen LogP contribution >= 0.6 is 0 Å². The summed E-state index contributed by atoms with van der Waals surface area (Å²) in [5.74, 6) is 0. The molecule has 1 fully saturated rings. The number of para-hydroxylation sites is 2. The summed E-state index contributed by atoms with van der Waals surface area (Å²) in [5.41, 5.74) is 4.96. The molecule has 5 aromatic rings. The van der Waals surface area contributed by atoms with Crippen LogP contribution in [0.5, 0.6) is 0 Å². The molecule has 3 heterocycles. The van der Waals surface area contributed by atoms with Gasteiger partial charge in [0.1, 0.15) is 17.2 Å². The first-order valence-electron chi connectivity index (χ1n) is 11.5. The van der Waals surface area contributed by atoms with Crippen LogP contribution in [0.25, 0.3) is 33.2 Å². The molecule has 0 amide bonds. The highest BCUT2D eigenvalue weighted by Crippen LogP contribution is 2.29. The highest BCUT2D eigenvalue weighted by atomic mass is 16.1. The van der Waals surface area contributed by atoms with E-state index in [1.165, 1.54) is 24.8 Å². The number of nitrogens with zero attached hydrogens (tertiary/aromatic N) is 5. The molecule has 6 heteroatoms. The van der Waals surface area contributed by atoms with E-state index in [0.717, 1.165) is 35.9 Å². The molecular weight excluding hydrogens is 398 g/mol. The third kappa shape index (κ3) is 3.18. The molecule has 160 valence electrons. The Kier molecular flexibility index (Phi) is 4.71. The maximum absolute atomic E-state index is 13.7. The molecule has 0 atom stereocenters. The minimum absolute atomic E-state index is 0.00921. The molecule has 3 aromatic heterocycles. The van der Waals surface area contributed by atoms with Gasteiger partial charge in [0, 0.05) is 12.6 Å². The first-order chi connectivity index (χ1) is 15.8. The highest BCUT2D eigenvalue weighted by Gasteiger charge is 2.23. The van der Waals surface area contributed by atoms with Gasteiger partial charge in [0.05, 0.1) is 11.0 Å². The van der Waals surface area contributed by atoms with Crippen molar-refractivity contribution in [2.75, 3.05) is 0 Å². The molecule has 0 radical (unpaired) electrons. The number of hydrogen-bond donors (Lipinski definition) is 0. The lowest BCUT2D eigenvalue weighted by Gasteiger charge is -2.23. The van der Waals surface area contributed by atoms with Crippen molar-refractivity contribution in [2.24, 2.45) is 0 Å². The summed E-state index contributed by atoms with van der Waals surface area (Å²) in [6.07, 6.45) is 8.23. The maximum atomic E-state index is 13.7. The van der Waals surface area contributed by atoms with Gasteiger partial charge in [0.2, 0.25) is 0 Å². The van der Waals surface area contributed by atoms with E-state index in [0.29, 0.717) is 23.1 Å². The van der Waals surface area contributed by atoms with Crippen LogP contribution in [0.1, 0.15) is 43.7 Å². The summed E-state index contributed by atoms with van der Waals surface area (Å²) in [5, 5.41) is 0.597. The van der Waals surface area contributed by atoms with Crippen LogP contribution in [-0.4, -0.2) is 24.1 Å². The third-order valence-electron chi connectivity index (χ3n) is 6.71. The normalized spacial score (nSPS) is 15.1. The number of hydrogen-bond acceptors (Lipinski definition) is 4. The first kappa shape index (κ1) is 19.2. The molecule has 0 spiro atoms. The van der Waals surface area contributed by atoms with Crippen molar-refractivity contribution in [3.63, 3.8) is 0 Å². The number of fused-ring (bicyclic) bond motifs is 4. The molecule has 1 aliphatic rings. The number of aryl methyl sites for hydroxylation is 2. The van der Waals surface area contributed by atoms with Gasteiger partial charge in [0.15, 0.2) is 11.3 Å². The van der Waals surface area contributed by atoms with Crippen LogP contribution in [0.2, 0.25) is 0 Å². The molecular formula is C26H25N5O. The van der Waals surface area contributed by atoms with Gasteiger partial charge in [-0.1, -0.05) is 61.7 Å². The lowest BCUT2D eigenvalue weighted by atomic mass is 9.95. The highest BCUT2D eigenvalue weighted by molar-refractivity contribution is 6.04. The van der Waals surface area contributed by atoms with Crippen LogP contribution in [0.4, 0.5) is 0 Å². The molecule has 0 saturated heterocycles. The van der Waals surface area contributed by atoms with Crippen molar-refractivity contribution < 1.29 is 0 Å². The molecule has 6 nitrogen and oxygen atoms in total. The second-order valence-corrected chi connectivity index (χ2v) is 8.72. The molecule has 0 bridgehead atoms. The van der Waals surface area contributed by atoms with Crippen molar-refractivity contribution in [3.8, 4) is 0 Å². The largest absolute Gasteiger partial charge is 0.308 e. The smallest absolute Gasteiger partial charge is 0.265 e. The Morgan fingerprint density at radius 2 is 1.56 bits per heavy atom. The Bertz CT molecular complexity index is 1480. The topological polar surface area (TPSA) is 65.6 Å². The number of benzene rings is 2. The average Bonchev–Trinajstić information content (AvgIpc) is 3.16. The van der Waals surface area contributed by atoms with E-state index < -0.39 is 0 Å². The number of rotatable bonds is 4. The zero-order chi connectivity index (χ0) is 21.5. The summed E-state index contributed by atoms with van der Waals surface area (Å²) in [4.78, 5) is 28.3. The molecule has 0 N–H and O–H groups in total. The molecule has 1 saturated carbocycles. The summed E-state index contributed by atoms with van der Waals surface area (Å²) in [7, 11) is 0. The first-order valence-corrected chi connectivity index (χ1v) is 11.5. The lowest BCUT2D eigenvalue weighted by Crippen LogP contribution is -2.26. The van der Waals surface area contributed by atoms with E-state index in [4.69, 9.17) is 15.0 Å². The van der Waals surface area contributed by atoms with Crippen LogP contribution in [0.3, 0.4) is 0 Å². The van der Waals surface area contributed by atoms with Gasteiger partial charge in [-0.25, -0.2) is 15.0 Å². The zero-order valence-corrected chi connectivity index (χ0v) is 17.9. The fraction of sp³-hybridized carbons (Fsp3) is 0.308. The Labute approximate surface area is 185 Å². The molecule has 2 aromatic carbocycles. The van der Waals surface area contributed by atoms with Gasteiger partial charge in [-0.05, 0) is 37.0 Å². The minimum Gasteiger partial charge on any atom is -0.308 e. The van der Waals surface area contributed by atoms with Gasteiger partial charge in [-0.15, -0.1) is 0 Å². The Balaban J connectivity index is 1.57. The lowest BCUT2D eigenvalue weighted by molar-refractivity contribution is 0.345. The predicted octanol–water partition coefficient (Wildman–Crippen LogP) is 5.04. The van der Waals surface area contributed by atoms with Crippen molar-refractivity contribution in [2.45, 2.75) is 51.1 Å². The van der Waals surface area contributed by atoms with E-state index in [1.807, 2.05) is 34.9 Å². The molecule has 1 aliphatic carbocycles. The Hall–Kier alpha value is -3.54. The summed E-state index contributed by atoms with van der Waals surface area (Å²) >= 11 is 0. The monoisotopic (exact) mass is 423 g/mol. The van der Waals surface area contributed by atoms with E-state index in [1.54, 1.807) is 6.33 Å². The van der Waals surface area contributed by atoms with Gasteiger partial charge in [-0.3, -0.25) is 9.36 Å². The second kappa shape index (κ2) is 7.86. The van der Waals surface area contributed by atoms with E-state index in [-0.39, 0.29) is 11.6 Å². The third-order valence-corrected chi connectivity index (χ3v) is 6.71. The van der Waals surface area contributed by atoms with E-state index in [2.05, 4.69) is 28.8 Å². The Morgan fingerprint density at radius 1 is 0.844 bits per heavy atom. The fourth-order valence-electron chi connectivity index (χ4n) is 5.03. The average molecular weight is 424 g/mol. The molecule has 0 unspecified atom stereocenters. The van der Waals surface area contributed by atoms with E-state index in [9.17, 15) is 4.79 Å². The van der Waals surface area contributed by atoms with Crippen LogP contribution in [0, 0.1) is 0 Å². The van der Waals surface area contributed by atoms with Crippen molar-refractivity contribution >= 4 is 33.2 Å². The zero-order valence-electron chi connectivity index (χ0n) is 17.9. The van der Waals surface area contributed by atoms with Crippen LogP contribution in [0.15, 0.2) is 65.7 Å². The van der Waals surface area contributed by atoms with Gasteiger partial charge < -0.3 is 4.57 Å². The van der Waals surface area contributed by atoms with Crippen molar-refractivity contribution in [1.82, 2.24) is 24.1 Å². The fourth-order valence-corrected chi connectivity index (χ4v) is 5.03. The SMILES string of the molecule is O=c1c2c3nc4ccccc4nc3n(CCc3ccccc3)c2ncn1C1CCCCC1. The standard InChI is InChI=1S/C26H25N5O/c32-26-22-23-25(29-21-14-8-7-13-20(21)28-23)30(16-15-18-9-3-1-4-10-18)24(22)27-17-31(26)19-11-5-2-6-12-19/h1,3-4,7-10,13-14,17,19H,2,5-6,11-12,15-16H2. The quantitative estimate of drug-likeness (QED) is 0.406. The predicted molar refractivity (Wildman–Crippen MR) is 127 cm³/mol. The maximum Gasteiger partial charge on any atom is 0.265 e. The molecule has 0 aliphatic heterocycles. The summed E-state index contributed by atoms with van der Waals surface area (Å²) in [6.45, 7) is 0.691. The Morgan fingerprint density at radius 3 is 2.34 bits per heavy atom. The van der Waals surface area contributed by atoms with Crippen LogP contribution < -0.4 is 5.56 Å². The van der Waals surface area contributed by atoms with Crippen molar-refractivity contribution in [3.05, 3.63) is 76.8 Å². The molecule has 32 heavy (non-hydrogen) atoms. The van der Waals surface area contributed by atoms with Gasteiger partial charge in [0.25, 0.3) is 5.56 Å². The molecule has 6 rings (SSSR count). The number of aromatic nitrogens is 5. The summed E-state index contributed by atoms with van der Waals surface area (Å²) < 4.78 is 3.92. The minimum atomic E-state index is 0.00921. The van der Waals surface area contributed by atoms with E-state index >= 15 is 0 Å². The van der Waals surface area contributed by atoms with Gasteiger partial charge in [-0.2, -0.15) is 0 Å². The van der Waals surface area contributed by atoms with Crippen molar-refractivity contribution in [1.29, 1.82) is 0 Å². The second-order valence-electron chi connectivity index (χ2n) is 8.72. The van der Waals surface area contributed by atoms with Gasteiger partial charge >= 0.3 is 0 Å². The summed E-state index contributed by atoms with van der Waals surface area (Å²) in [6, 6.07) is 18.4.